The first-order valence-corrected chi connectivity index (χ1v) is 10.6. The molecule has 1 aliphatic carbocycles. The summed E-state index contributed by atoms with van der Waals surface area (Å²) in [7, 11) is 0. The molecular formula is C24H26F3NO3. The normalized spacial score (nSPS) is 20.5. The van der Waals surface area contributed by atoms with Crippen molar-refractivity contribution in [2.24, 2.45) is 5.92 Å². The van der Waals surface area contributed by atoms with Crippen molar-refractivity contribution in [1.82, 2.24) is 4.90 Å². The van der Waals surface area contributed by atoms with Gasteiger partial charge in [-0.05, 0) is 60.4 Å². The molecule has 2 unspecified atom stereocenters. The number of rotatable bonds is 8. The first-order chi connectivity index (χ1) is 14.8. The highest BCUT2D eigenvalue weighted by atomic mass is 19.4. The van der Waals surface area contributed by atoms with E-state index < -0.39 is 17.7 Å². The van der Waals surface area contributed by atoms with E-state index in [9.17, 15) is 23.1 Å². The molecular weight excluding hydrogens is 407 g/mol. The molecule has 1 saturated heterocycles. The number of carboxylic acid groups (broad SMARTS) is 1. The second-order valence-electron chi connectivity index (χ2n) is 8.58. The van der Waals surface area contributed by atoms with Crippen molar-refractivity contribution in [1.29, 1.82) is 0 Å². The van der Waals surface area contributed by atoms with Gasteiger partial charge in [-0.15, -0.1) is 0 Å². The highest BCUT2D eigenvalue weighted by Gasteiger charge is 2.34. The van der Waals surface area contributed by atoms with Crippen LogP contribution in [0.3, 0.4) is 0 Å². The van der Waals surface area contributed by atoms with E-state index in [-0.39, 0.29) is 18.4 Å². The van der Waals surface area contributed by atoms with Crippen LogP contribution in [0.2, 0.25) is 0 Å². The Balaban J connectivity index is 1.36. The fourth-order valence-corrected chi connectivity index (χ4v) is 4.40. The van der Waals surface area contributed by atoms with Crippen LogP contribution in [0.1, 0.15) is 48.3 Å². The number of halogens is 3. The van der Waals surface area contributed by atoms with E-state index in [2.05, 4.69) is 4.90 Å². The van der Waals surface area contributed by atoms with Crippen LogP contribution in [0.15, 0.2) is 48.5 Å². The molecule has 2 aromatic carbocycles. The minimum Gasteiger partial charge on any atom is -0.489 e. The predicted octanol–water partition coefficient (Wildman–Crippen LogP) is 5.33. The lowest BCUT2D eigenvalue weighted by molar-refractivity contribution is -0.138. The summed E-state index contributed by atoms with van der Waals surface area (Å²) in [4.78, 5) is 13.3. The Labute approximate surface area is 179 Å². The average Bonchev–Trinajstić information content (AvgIpc) is 3.47. The molecule has 166 valence electrons. The number of hydrogen-bond donors (Lipinski definition) is 1. The Morgan fingerprint density at radius 1 is 1.13 bits per heavy atom. The van der Waals surface area contributed by atoms with E-state index in [0.29, 0.717) is 24.6 Å². The van der Waals surface area contributed by atoms with Gasteiger partial charge in [-0.25, -0.2) is 0 Å². The molecule has 0 spiro atoms. The van der Waals surface area contributed by atoms with Gasteiger partial charge in [0.05, 0.1) is 12.0 Å². The molecule has 4 rings (SSSR count). The van der Waals surface area contributed by atoms with Crippen molar-refractivity contribution in [2.75, 3.05) is 13.1 Å². The summed E-state index contributed by atoms with van der Waals surface area (Å²) in [5.74, 6) is 0.381. The molecule has 4 nitrogen and oxygen atoms in total. The number of benzene rings is 2. The highest BCUT2D eigenvalue weighted by molar-refractivity contribution is 5.68. The highest BCUT2D eigenvalue weighted by Crippen LogP contribution is 2.45. The van der Waals surface area contributed by atoms with E-state index >= 15 is 0 Å². The second kappa shape index (κ2) is 8.91. The number of carboxylic acids is 1. The number of likely N-dealkylation sites (tertiary alicyclic amines) is 1. The molecule has 31 heavy (non-hydrogen) atoms. The van der Waals surface area contributed by atoms with Crippen LogP contribution in [0.4, 0.5) is 13.2 Å². The molecule has 1 saturated carbocycles. The van der Waals surface area contributed by atoms with E-state index in [0.717, 1.165) is 43.2 Å². The summed E-state index contributed by atoms with van der Waals surface area (Å²) < 4.78 is 44.9. The SMILES string of the molecule is O=C(O)CC(c1cccc(OC2CCN(Cc3cccc(C(F)(F)F)c3)C2)c1)C1CC1. The van der Waals surface area contributed by atoms with Gasteiger partial charge >= 0.3 is 12.1 Å². The van der Waals surface area contributed by atoms with Gasteiger partial charge in [0, 0.05) is 19.6 Å². The maximum Gasteiger partial charge on any atom is 0.416 e. The van der Waals surface area contributed by atoms with E-state index in [1.807, 2.05) is 24.3 Å². The van der Waals surface area contributed by atoms with Crippen molar-refractivity contribution in [3.63, 3.8) is 0 Å². The molecule has 0 amide bonds. The molecule has 2 fully saturated rings. The lowest BCUT2D eigenvalue weighted by atomic mass is 9.91. The van der Waals surface area contributed by atoms with E-state index in [1.165, 1.54) is 12.1 Å². The van der Waals surface area contributed by atoms with Crippen LogP contribution in [0.25, 0.3) is 0 Å². The smallest absolute Gasteiger partial charge is 0.416 e. The molecule has 1 aliphatic heterocycles. The lowest BCUT2D eigenvalue weighted by Crippen LogP contribution is -2.24. The van der Waals surface area contributed by atoms with E-state index in [4.69, 9.17) is 4.74 Å². The minimum atomic E-state index is -4.34. The summed E-state index contributed by atoms with van der Waals surface area (Å²) >= 11 is 0. The Morgan fingerprint density at radius 3 is 2.61 bits per heavy atom. The fourth-order valence-electron chi connectivity index (χ4n) is 4.40. The van der Waals surface area contributed by atoms with Crippen LogP contribution in [-0.4, -0.2) is 35.2 Å². The van der Waals surface area contributed by atoms with Crippen molar-refractivity contribution in [2.45, 2.75) is 50.4 Å². The minimum absolute atomic E-state index is 0.0158. The molecule has 2 aromatic rings. The lowest BCUT2D eigenvalue weighted by Gasteiger charge is -2.19. The monoisotopic (exact) mass is 433 g/mol. The number of carbonyl (C=O) groups is 1. The average molecular weight is 433 g/mol. The predicted molar refractivity (Wildman–Crippen MR) is 110 cm³/mol. The molecule has 1 N–H and O–H groups in total. The zero-order valence-electron chi connectivity index (χ0n) is 17.1. The van der Waals surface area contributed by atoms with Crippen LogP contribution >= 0.6 is 0 Å². The van der Waals surface area contributed by atoms with Crippen molar-refractivity contribution < 1.29 is 27.8 Å². The van der Waals surface area contributed by atoms with Gasteiger partial charge in [0.1, 0.15) is 11.9 Å². The standard InChI is InChI=1S/C24H26F3NO3/c25-24(26,27)19-5-1-3-16(11-19)14-28-10-9-21(15-28)31-20-6-2-4-18(12-20)22(13-23(29)30)17-7-8-17/h1-6,11-12,17,21-22H,7-10,13-15H2,(H,29,30). The molecule has 2 aliphatic rings. The van der Waals surface area contributed by atoms with Gasteiger partial charge in [-0.3, -0.25) is 9.69 Å². The van der Waals surface area contributed by atoms with Crippen LogP contribution in [0, 0.1) is 5.92 Å². The number of ether oxygens (including phenoxy) is 1. The van der Waals surface area contributed by atoms with E-state index in [1.54, 1.807) is 6.07 Å². The topological polar surface area (TPSA) is 49.8 Å². The number of alkyl halides is 3. The summed E-state index contributed by atoms with van der Waals surface area (Å²) in [6, 6.07) is 13.1. The first-order valence-electron chi connectivity index (χ1n) is 10.6. The molecule has 1 heterocycles. The third-order valence-corrected chi connectivity index (χ3v) is 6.06. The Kier molecular flexibility index (Phi) is 6.23. The van der Waals surface area contributed by atoms with Gasteiger partial charge in [-0.2, -0.15) is 13.2 Å². The van der Waals surface area contributed by atoms with Gasteiger partial charge in [0.15, 0.2) is 0 Å². The quantitative estimate of drug-likeness (QED) is 0.612. The zero-order valence-corrected chi connectivity index (χ0v) is 17.1. The van der Waals surface area contributed by atoms with Gasteiger partial charge in [0.25, 0.3) is 0 Å². The molecule has 0 aromatic heterocycles. The summed E-state index contributed by atoms with van der Waals surface area (Å²) in [6.07, 6.45) is -1.32. The van der Waals surface area contributed by atoms with Gasteiger partial charge in [0.2, 0.25) is 0 Å². The maximum atomic E-state index is 12.9. The maximum absolute atomic E-state index is 12.9. The second-order valence-corrected chi connectivity index (χ2v) is 8.58. The van der Waals surface area contributed by atoms with Crippen LogP contribution < -0.4 is 4.74 Å². The third kappa shape index (κ3) is 5.79. The fraction of sp³-hybridized carbons (Fsp3) is 0.458. The molecule has 0 bridgehead atoms. The summed E-state index contributed by atoms with van der Waals surface area (Å²) in [6.45, 7) is 1.85. The first kappa shape index (κ1) is 21.7. The van der Waals surface area contributed by atoms with Crippen molar-refractivity contribution in [3.05, 3.63) is 65.2 Å². The molecule has 0 radical (unpaired) electrons. The largest absolute Gasteiger partial charge is 0.489 e. The summed E-state index contributed by atoms with van der Waals surface area (Å²) in [5.41, 5.74) is 1.01. The van der Waals surface area contributed by atoms with Gasteiger partial charge < -0.3 is 9.84 Å². The molecule has 2 atom stereocenters. The number of hydrogen-bond acceptors (Lipinski definition) is 3. The van der Waals surface area contributed by atoms with Crippen molar-refractivity contribution >= 4 is 5.97 Å². The Morgan fingerprint density at radius 2 is 1.90 bits per heavy atom. The van der Waals surface area contributed by atoms with Crippen LogP contribution in [0.5, 0.6) is 5.75 Å². The van der Waals surface area contributed by atoms with Crippen molar-refractivity contribution in [3.8, 4) is 5.75 Å². The number of aliphatic carboxylic acids is 1. The Hall–Kier alpha value is -2.54. The zero-order chi connectivity index (χ0) is 22.0. The number of nitrogens with zero attached hydrogens (tertiary/aromatic N) is 1. The van der Waals surface area contributed by atoms with Crippen LogP contribution in [-0.2, 0) is 17.5 Å². The summed E-state index contributed by atoms with van der Waals surface area (Å²) in [5, 5.41) is 9.23. The molecule has 7 heteroatoms. The van der Waals surface area contributed by atoms with Gasteiger partial charge in [-0.1, -0.05) is 30.3 Å². The Bertz CT molecular complexity index is 926. The third-order valence-electron chi connectivity index (χ3n) is 6.06.